The van der Waals surface area contributed by atoms with Crippen LogP contribution in [0.5, 0.6) is 0 Å². The minimum Gasteiger partial charge on any atom is -0.394 e. The Morgan fingerprint density at radius 3 is 2.08 bits per heavy atom. The monoisotopic (exact) mass is 704 g/mol. The molecule has 5 atom stereocenters. The molecule has 0 bridgehead atoms. The topological polar surface area (TPSA) is 295 Å². The molecule has 1 aromatic rings. The number of phosphoric ester groups is 1. The number of H-pyrrole nitrogens is 1. The number of nitrogens with zero attached hydrogens (tertiary/aromatic N) is 2. The van der Waals surface area contributed by atoms with Gasteiger partial charge >= 0.3 is 7.82 Å². The van der Waals surface area contributed by atoms with Crippen molar-refractivity contribution in [3.8, 4) is 0 Å². The second-order valence-corrected chi connectivity index (χ2v) is 12.8. The molecule has 0 aliphatic carbocycles. The zero-order valence-electron chi connectivity index (χ0n) is 27.8. The Kier molecular flexibility index (Phi) is 18.0. The van der Waals surface area contributed by atoms with Crippen molar-refractivity contribution < 1.29 is 52.7 Å². The van der Waals surface area contributed by atoms with Crippen LogP contribution in [0.1, 0.15) is 66.0 Å². The summed E-state index contributed by atoms with van der Waals surface area (Å²) in [4.78, 5) is 103. The van der Waals surface area contributed by atoms with Crippen molar-refractivity contribution in [3.05, 3.63) is 18.2 Å². The van der Waals surface area contributed by atoms with E-state index in [0.717, 1.165) is 19.8 Å². The average Bonchev–Trinajstić information content (AvgIpc) is 3.49. The third kappa shape index (κ3) is 15.8. The van der Waals surface area contributed by atoms with E-state index < -0.39 is 74.2 Å². The van der Waals surface area contributed by atoms with E-state index in [2.05, 4.69) is 35.8 Å². The molecule has 0 radical (unpaired) electrons. The third-order valence-corrected chi connectivity index (χ3v) is 7.57. The molecule has 19 nitrogen and oxygen atoms in total. The first-order chi connectivity index (χ1) is 22.4. The number of phosphoric acid groups is 1. The molecule has 1 heterocycles. The minimum atomic E-state index is -5.08. The van der Waals surface area contributed by atoms with Gasteiger partial charge in [0.1, 0.15) is 24.2 Å². The Labute approximate surface area is 278 Å². The van der Waals surface area contributed by atoms with Gasteiger partial charge in [-0.15, -0.1) is 0 Å². The van der Waals surface area contributed by atoms with Gasteiger partial charge in [-0.05, 0) is 25.7 Å². The van der Waals surface area contributed by atoms with Crippen LogP contribution in [-0.4, -0.2) is 115 Å². The van der Waals surface area contributed by atoms with Gasteiger partial charge in [0.05, 0.1) is 31.3 Å². The molecular weight excluding hydrogens is 655 g/mol. The van der Waals surface area contributed by atoms with Crippen molar-refractivity contribution in [2.24, 2.45) is 11.7 Å². The first-order valence-electron chi connectivity index (χ1n) is 15.5. The molecule has 0 aromatic carbocycles. The number of aliphatic hydroxyl groups excluding tert-OH is 1. The SMILES string of the molecule is CCCCCN(CC(=O)N[C@@H](CC(C)C)C(=O)N[C@@H](Cc1c[nH]cn1)C(=O)N[C@@H](CO)C(=O)N[C@H](C(N)=O)[C@@H](C)OP(=O)(O)O)C(C)=O. The van der Waals surface area contributed by atoms with E-state index >= 15 is 0 Å². The fourth-order valence-corrected chi connectivity index (χ4v) is 5.08. The van der Waals surface area contributed by atoms with Gasteiger partial charge in [0, 0.05) is 26.1 Å². The number of aromatic nitrogens is 2. The Morgan fingerprint density at radius 2 is 1.58 bits per heavy atom. The summed E-state index contributed by atoms with van der Waals surface area (Å²) in [6, 6.07) is -5.97. The van der Waals surface area contributed by atoms with Crippen LogP contribution in [0.15, 0.2) is 12.5 Å². The molecule has 1 aromatic heterocycles. The van der Waals surface area contributed by atoms with Crippen LogP contribution in [0.2, 0.25) is 0 Å². The predicted octanol–water partition coefficient (Wildman–Crippen LogP) is -2.05. The molecule has 1 rings (SSSR count). The summed E-state index contributed by atoms with van der Waals surface area (Å²) in [6.07, 6.45) is 3.70. The predicted molar refractivity (Wildman–Crippen MR) is 170 cm³/mol. The molecule has 0 fully saturated rings. The van der Waals surface area contributed by atoms with Gasteiger partial charge in [0.15, 0.2) is 0 Å². The number of unbranched alkanes of at least 4 members (excludes halogenated alkanes) is 2. The number of nitrogens with two attached hydrogens (primary N) is 1. The number of primary amides is 1. The lowest BCUT2D eigenvalue weighted by atomic mass is 10.0. The Balaban J connectivity index is 3.15. The fraction of sp³-hybridized carbons (Fsp3) is 0.679. The highest BCUT2D eigenvalue weighted by atomic mass is 31.2. The van der Waals surface area contributed by atoms with Gasteiger partial charge in [0.2, 0.25) is 35.4 Å². The number of amides is 6. The first kappa shape index (κ1) is 42.1. The number of aliphatic hydroxyl groups is 1. The summed E-state index contributed by atoms with van der Waals surface area (Å²) in [5.41, 5.74) is 5.59. The molecule has 48 heavy (non-hydrogen) atoms. The van der Waals surface area contributed by atoms with Crippen LogP contribution in [0, 0.1) is 5.92 Å². The van der Waals surface area contributed by atoms with E-state index in [9.17, 15) is 38.4 Å². The van der Waals surface area contributed by atoms with E-state index in [1.54, 1.807) is 0 Å². The number of rotatable bonds is 22. The van der Waals surface area contributed by atoms with Gasteiger partial charge < -0.3 is 51.8 Å². The number of nitrogens with one attached hydrogen (secondary N) is 5. The van der Waals surface area contributed by atoms with E-state index in [1.165, 1.54) is 24.3 Å². The highest BCUT2D eigenvalue weighted by Crippen LogP contribution is 2.38. The summed E-state index contributed by atoms with van der Waals surface area (Å²) in [5, 5.41) is 19.4. The maximum Gasteiger partial charge on any atom is 0.469 e. The number of imidazole rings is 1. The van der Waals surface area contributed by atoms with Crippen molar-refractivity contribution in [2.75, 3.05) is 19.7 Å². The van der Waals surface area contributed by atoms with Crippen molar-refractivity contribution in [1.82, 2.24) is 36.1 Å². The van der Waals surface area contributed by atoms with E-state index in [1.807, 2.05) is 20.8 Å². The summed E-state index contributed by atoms with van der Waals surface area (Å²) in [7, 11) is -5.08. The highest BCUT2D eigenvalue weighted by molar-refractivity contribution is 7.46. The molecule has 0 saturated heterocycles. The lowest BCUT2D eigenvalue weighted by Gasteiger charge is -2.27. The number of aromatic amines is 1. The van der Waals surface area contributed by atoms with Gasteiger partial charge in [0.25, 0.3) is 0 Å². The van der Waals surface area contributed by atoms with E-state index in [0.29, 0.717) is 18.7 Å². The fourth-order valence-electron chi connectivity index (χ4n) is 4.53. The maximum absolute atomic E-state index is 13.5. The largest absolute Gasteiger partial charge is 0.469 e. The smallest absolute Gasteiger partial charge is 0.394 e. The van der Waals surface area contributed by atoms with Crippen LogP contribution in [0.25, 0.3) is 0 Å². The van der Waals surface area contributed by atoms with Gasteiger partial charge in [-0.3, -0.25) is 33.3 Å². The van der Waals surface area contributed by atoms with Crippen LogP contribution < -0.4 is 27.0 Å². The molecule has 20 heteroatoms. The van der Waals surface area contributed by atoms with Crippen molar-refractivity contribution in [3.63, 3.8) is 0 Å². The number of carbonyl (C=O) groups excluding carboxylic acids is 6. The van der Waals surface area contributed by atoms with Crippen molar-refractivity contribution >= 4 is 43.3 Å². The lowest BCUT2D eigenvalue weighted by Crippen LogP contribution is -2.60. The second-order valence-electron chi connectivity index (χ2n) is 11.7. The highest BCUT2D eigenvalue weighted by Gasteiger charge is 2.35. The summed E-state index contributed by atoms with van der Waals surface area (Å²) < 4.78 is 15.6. The first-order valence-corrected chi connectivity index (χ1v) is 17.0. The summed E-state index contributed by atoms with van der Waals surface area (Å²) in [6.45, 7) is 7.18. The minimum absolute atomic E-state index is 0.0780. The van der Waals surface area contributed by atoms with E-state index in [-0.39, 0.29) is 31.2 Å². The molecule has 272 valence electrons. The summed E-state index contributed by atoms with van der Waals surface area (Å²) in [5.74, 6) is -5.02. The molecule has 6 amide bonds. The van der Waals surface area contributed by atoms with E-state index in [4.69, 9.17) is 15.5 Å². The Hall–Kier alpha value is -3.90. The summed E-state index contributed by atoms with van der Waals surface area (Å²) >= 11 is 0. The third-order valence-electron chi connectivity index (χ3n) is 6.96. The lowest BCUT2D eigenvalue weighted by molar-refractivity contribution is -0.137. The Bertz CT molecular complexity index is 1270. The number of hydrogen-bond donors (Lipinski definition) is 9. The molecular formula is C28H49N8O11P. The van der Waals surface area contributed by atoms with Crippen LogP contribution in [0.4, 0.5) is 0 Å². The molecule has 0 spiro atoms. The molecule has 0 aliphatic rings. The maximum atomic E-state index is 13.5. The standard InChI is InChI=1S/C28H49N8O11P/c1-6-7-8-9-36(18(5)38)13-23(39)32-20(10-16(2)3)26(41)33-21(11-19-12-30-15-31-19)27(42)34-22(14-37)28(43)35-24(25(29)40)17(4)47-48(44,45)46/h12,15-17,20-22,24,37H,6-11,13-14H2,1-5H3,(H2,29,40)(H,30,31)(H,32,39)(H,33,41)(H,34,42)(H,35,43)(H2,44,45,46)/t17-,20+,21+,22+,24+/m1/s1. The van der Waals surface area contributed by atoms with Crippen LogP contribution >= 0.6 is 7.82 Å². The molecule has 0 saturated carbocycles. The molecule has 0 aliphatic heterocycles. The van der Waals surface area contributed by atoms with Crippen molar-refractivity contribution in [1.29, 1.82) is 0 Å². The molecule has 10 N–H and O–H groups in total. The van der Waals surface area contributed by atoms with Gasteiger partial charge in [-0.2, -0.15) is 0 Å². The van der Waals surface area contributed by atoms with Gasteiger partial charge in [-0.25, -0.2) is 9.55 Å². The zero-order chi connectivity index (χ0) is 36.6. The van der Waals surface area contributed by atoms with Crippen LogP contribution in [-0.2, 0) is 44.3 Å². The number of hydrogen-bond acceptors (Lipinski definition) is 10. The molecule has 0 unspecified atom stereocenters. The number of carbonyl (C=O) groups is 6. The van der Waals surface area contributed by atoms with Crippen LogP contribution in [0.3, 0.4) is 0 Å². The zero-order valence-corrected chi connectivity index (χ0v) is 28.7. The quantitative estimate of drug-likeness (QED) is 0.0466. The second kappa shape index (κ2) is 20.5. The van der Waals surface area contributed by atoms with Gasteiger partial charge in [-0.1, -0.05) is 33.6 Å². The normalized spacial score (nSPS) is 14.6. The Morgan fingerprint density at radius 1 is 0.979 bits per heavy atom. The van der Waals surface area contributed by atoms with Crippen molar-refractivity contribution in [2.45, 2.75) is 97.0 Å². The average molecular weight is 705 g/mol.